The summed E-state index contributed by atoms with van der Waals surface area (Å²) in [5.74, 6) is -0.374. The van der Waals surface area contributed by atoms with Crippen molar-refractivity contribution in [2.45, 2.75) is 25.9 Å². The molecule has 2 fully saturated rings. The van der Waals surface area contributed by atoms with Crippen molar-refractivity contribution in [2.24, 2.45) is 11.8 Å². The molecule has 0 spiro atoms. The highest BCUT2D eigenvalue weighted by molar-refractivity contribution is 6.05. The molecule has 0 saturated carbocycles. The van der Waals surface area contributed by atoms with E-state index in [2.05, 4.69) is 14.8 Å². The van der Waals surface area contributed by atoms with Crippen LogP contribution in [0, 0.1) is 18.8 Å². The highest BCUT2D eigenvalue weighted by atomic mass is 16.5. The molecule has 2 amide bonds. The Hall–Kier alpha value is -3.52. The van der Waals surface area contributed by atoms with Crippen molar-refractivity contribution >= 4 is 23.6 Å². The minimum atomic E-state index is -0.610. The van der Waals surface area contributed by atoms with Gasteiger partial charge in [-0.2, -0.15) is 0 Å². The van der Waals surface area contributed by atoms with E-state index in [9.17, 15) is 14.4 Å². The summed E-state index contributed by atoms with van der Waals surface area (Å²) in [5.41, 5.74) is 1.51. The molecule has 2 saturated heterocycles. The number of allylic oxidation sites excluding steroid dienone is 2. The van der Waals surface area contributed by atoms with Crippen LogP contribution in [-0.4, -0.2) is 77.9 Å². The number of piperazine rings is 1. The zero-order chi connectivity index (χ0) is 25.1. The molecule has 8 nitrogen and oxygen atoms in total. The van der Waals surface area contributed by atoms with Crippen molar-refractivity contribution < 1.29 is 19.1 Å². The minimum absolute atomic E-state index is 0.0860. The number of imide groups is 1. The number of pyridine rings is 1. The number of esters is 1. The van der Waals surface area contributed by atoms with Crippen molar-refractivity contribution in [1.29, 1.82) is 0 Å². The van der Waals surface area contributed by atoms with Crippen LogP contribution in [0.25, 0.3) is 0 Å². The number of hydrogen-bond acceptors (Lipinski definition) is 7. The van der Waals surface area contributed by atoms with Gasteiger partial charge in [0.25, 0.3) is 0 Å². The largest absolute Gasteiger partial charge is 0.455 e. The van der Waals surface area contributed by atoms with E-state index in [1.807, 2.05) is 49.4 Å². The number of benzene rings is 1. The molecule has 1 aromatic carbocycles. The van der Waals surface area contributed by atoms with Crippen LogP contribution in [0.1, 0.15) is 28.8 Å². The summed E-state index contributed by atoms with van der Waals surface area (Å²) in [6, 6.07) is 13.1. The van der Waals surface area contributed by atoms with E-state index in [0.29, 0.717) is 24.9 Å². The number of aryl methyl sites for hydroxylation is 1. The van der Waals surface area contributed by atoms with Gasteiger partial charge in [0.05, 0.1) is 23.9 Å². The van der Waals surface area contributed by atoms with Crippen LogP contribution >= 0.6 is 0 Å². The summed E-state index contributed by atoms with van der Waals surface area (Å²) in [6.07, 6.45) is 6.32. The Balaban J connectivity index is 1.27. The zero-order valence-electron chi connectivity index (χ0n) is 20.6. The third-order valence-electron chi connectivity index (χ3n) is 7.35. The monoisotopic (exact) mass is 488 g/mol. The molecule has 8 heteroatoms. The molecule has 0 radical (unpaired) electrons. The van der Waals surface area contributed by atoms with Gasteiger partial charge in [0.2, 0.25) is 11.8 Å². The number of carbonyl (C=O) groups excluding carboxylic acids is 3. The first kappa shape index (κ1) is 24.2. The average Bonchev–Trinajstić information content (AvgIpc) is 3.15. The number of carbonyl (C=O) groups is 3. The van der Waals surface area contributed by atoms with E-state index in [1.54, 1.807) is 18.3 Å². The maximum atomic E-state index is 13.1. The highest BCUT2D eigenvalue weighted by Gasteiger charge is 2.48. The third-order valence-corrected chi connectivity index (χ3v) is 7.35. The van der Waals surface area contributed by atoms with Gasteiger partial charge in [-0.25, -0.2) is 9.78 Å². The summed E-state index contributed by atoms with van der Waals surface area (Å²) >= 11 is 0. The summed E-state index contributed by atoms with van der Waals surface area (Å²) < 4.78 is 5.93. The number of hydrogen-bond donors (Lipinski definition) is 0. The molecule has 36 heavy (non-hydrogen) atoms. The third kappa shape index (κ3) is 5.18. The second kappa shape index (κ2) is 10.6. The Morgan fingerprint density at radius 2 is 1.61 bits per heavy atom. The molecule has 2 aliphatic heterocycles. The number of likely N-dealkylation sites (tertiary alicyclic amines) is 1. The molecule has 188 valence electrons. The van der Waals surface area contributed by atoms with Gasteiger partial charge >= 0.3 is 5.97 Å². The van der Waals surface area contributed by atoms with Crippen molar-refractivity contribution in [3.05, 3.63) is 71.9 Å². The van der Waals surface area contributed by atoms with E-state index >= 15 is 0 Å². The second-order valence-electron chi connectivity index (χ2n) is 9.81. The van der Waals surface area contributed by atoms with Gasteiger partial charge in [-0.3, -0.25) is 19.4 Å². The smallest absolute Gasteiger partial charge is 0.338 e. The van der Waals surface area contributed by atoms with Gasteiger partial charge in [0, 0.05) is 38.9 Å². The maximum absolute atomic E-state index is 13.1. The van der Waals surface area contributed by atoms with E-state index in [4.69, 9.17) is 4.74 Å². The molecular formula is C28H32N4O4. The predicted octanol–water partition coefficient (Wildman–Crippen LogP) is 2.69. The van der Waals surface area contributed by atoms with E-state index in [1.165, 1.54) is 4.90 Å². The van der Waals surface area contributed by atoms with Crippen LogP contribution in [-0.2, 0) is 14.3 Å². The summed E-state index contributed by atoms with van der Waals surface area (Å²) in [7, 11) is 0. The Labute approximate surface area is 211 Å². The zero-order valence-corrected chi connectivity index (χ0v) is 20.6. The molecule has 0 N–H and O–H groups in total. The first-order chi connectivity index (χ1) is 17.5. The van der Waals surface area contributed by atoms with E-state index in [0.717, 1.165) is 37.6 Å². The number of rotatable bonds is 7. The van der Waals surface area contributed by atoms with Gasteiger partial charge < -0.3 is 9.64 Å². The number of fused-ring (bicyclic) bond motifs is 1. The lowest BCUT2D eigenvalue weighted by Crippen LogP contribution is -2.51. The Morgan fingerprint density at radius 3 is 2.22 bits per heavy atom. The lowest BCUT2D eigenvalue weighted by Gasteiger charge is -2.37. The van der Waals surface area contributed by atoms with Gasteiger partial charge in [-0.15, -0.1) is 0 Å². The first-order valence-electron chi connectivity index (χ1n) is 12.7. The number of nitrogens with zero attached hydrogens (tertiary/aromatic N) is 4. The van der Waals surface area contributed by atoms with Crippen molar-refractivity contribution in [3.63, 3.8) is 0 Å². The number of aromatic nitrogens is 1. The molecule has 3 atom stereocenters. The molecule has 1 unspecified atom stereocenters. The molecule has 1 aliphatic carbocycles. The van der Waals surface area contributed by atoms with Crippen molar-refractivity contribution in [1.82, 2.24) is 14.8 Å². The maximum Gasteiger partial charge on any atom is 0.338 e. The Bertz CT molecular complexity index is 1100. The normalized spacial score (nSPS) is 23.0. The van der Waals surface area contributed by atoms with E-state index in [-0.39, 0.29) is 30.2 Å². The Kier molecular flexibility index (Phi) is 7.13. The van der Waals surface area contributed by atoms with Gasteiger partial charge in [-0.05, 0) is 44.0 Å². The van der Waals surface area contributed by atoms with Gasteiger partial charge in [0.1, 0.15) is 11.9 Å². The fourth-order valence-corrected chi connectivity index (χ4v) is 5.28. The fourth-order valence-electron chi connectivity index (χ4n) is 5.28. The second-order valence-corrected chi connectivity index (χ2v) is 9.81. The van der Waals surface area contributed by atoms with Crippen LogP contribution in [0.5, 0.6) is 0 Å². The fraction of sp³-hybridized carbons (Fsp3) is 0.429. The topological polar surface area (TPSA) is 83.1 Å². The van der Waals surface area contributed by atoms with Crippen LogP contribution in [0.15, 0.2) is 60.8 Å². The van der Waals surface area contributed by atoms with Crippen molar-refractivity contribution in [3.8, 4) is 0 Å². The number of amides is 2. The first-order valence-corrected chi connectivity index (χ1v) is 12.7. The quantitative estimate of drug-likeness (QED) is 0.337. The van der Waals surface area contributed by atoms with E-state index < -0.39 is 12.1 Å². The predicted molar refractivity (Wildman–Crippen MR) is 135 cm³/mol. The number of ether oxygens (including phenoxy) is 1. The summed E-state index contributed by atoms with van der Waals surface area (Å²) in [5, 5.41) is 0. The minimum Gasteiger partial charge on any atom is -0.455 e. The molecule has 1 aromatic heterocycles. The molecule has 2 aromatic rings. The van der Waals surface area contributed by atoms with Crippen LogP contribution < -0.4 is 4.90 Å². The highest BCUT2D eigenvalue weighted by Crippen LogP contribution is 2.35. The molecule has 3 aliphatic rings. The Morgan fingerprint density at radius 1 is 0.944 bits per heavy atom. The molecule has 3 heterocycles. The van der Waals surface area contributed by atoms with Gasteiger partial charge in [0.15, 0.2) is 0 Å². The standard InChI is InChI=1S/C28H32N4O4/c1-20-9-11-21(12-10-20)28(35)36-22(19-32-26(33)23-6-2-3-7-24(23)27(32)34)18-30-14-16-31(17-15-30)25-8-4-5-13-29-25/h2-5,8-13,22-24H,6-7,14-19H2,1H3/t22?,23-,24+. The van der Waals surface area contributed by atoms with Gasteiger partial charge in [-0.1, -0.05) is 35.9 Å². The summed E-state index contributed by atoms with van der Waals surface area (Å²) in [6.45, 7) is 5.64. The van der Waals surface area contributed by atoms with Crippen LogP contribution in [0.2, 0.25) is 0 Å². The van der Waals surface area contributed by atoms with Crippen molar-refractivity contribution in [2.75, 3.05) is 44.2 Å². The molecule has 5 rings (SSSR count). The molecule has 0 bridgehead atoms. The SMILES string of the molecule is Cc1ccc(C(=O)OC(CN2CCN(c3ccccn3)CC2)CN2C(=O)[C@H]3CC=CC[C@H]3C2=O)cc1. The lowest BCUT2D eigenvalue weighted by molar-refractivity contribution is -0.141. The molecular weight excluding hydrogens is 456 g/mol. The lowest BCUT2D eigenvalue weighted by atomic mass is 9.85. The average molecular weight is 489 g/mol. The van der Waals surface area contributed by atoms with Crippen LogP contribution in [0.4, 0.5) is 5.82 Å². The number of anilines is 1. The van der Waals surface area contributed by atoms with Crippen LogP contribution in [0.3, 0.4) is 0 Å². The summed E-state index contributed by atoms with van der Waals surface area (Å²) in [4.78, 5) is 49.4.